The van der Waals surface area contributed by atoms with Gasteiger partial charge in [0.2, 0.25) is 0 Å². The molecule has 1 fully saturated rings. The van der Waals surface area contributed by atoms with Crippen molar-refractivity contribution in [2.24, 2.45) is 0 Å². The first-order chi connectivity index (χ1) is 14.0. The van der Waals surface area contributed by atoms with Crippen LogP contribution < -0.4 is 10.4 Å². The van der Waals surface area contributed by atoms with E-state index in [2.05, 4.69) is 11.5 Å². The molecule has 0 bridgehead atoms. The zero-order valence-electron chi connectivity index (χ0n) is 16.0. The van der Waals surface area contributed by atoms with E-state index in [-0.39, 0.29) is 11.5 Å². The summed E-state index contributed by atoms with van der Waals surface area (Å²) in [4.78, 5) is 25.2. The Hall–Kier alpha value is -4.11. The number of carbonyl (C=O) groups excluding carboxylic acids is 2. The summed E-state index contributed by atoms with van der Waals surface area (Å²) in [5.41, 5.74) is 7.48. The van der Waals surface area contributed by atoms with E-state index in [1.54, 1.807) is 30.3 Å². The SMILES string of the molecule is Cc1cc(/C=C2/C(=O)NN(c3ccccc3)C2=O)c(C)n1-c1ccc(C#N)cc1. The second-order valence-electron chi connectivity index (χ2n) is 6.80. The van der Waals surface area contributed by atoms with E-state index in [0.29, 0.717) is 11.3 Å². The number of anilines is 1. The summed E-state index contributed by atoms with van der Waals surface area (Å²) >= 11 is 0. The zero-order chi connectivity index (χ0) is 20.5. The van der Waals surface area contributed by atoms with Crippen molar-refractivity contribution in [1.29, 1.82) is 5.26 Å². The molecule has 2 amide bonds. The largest absolute Gasteiger partial charge is 0.318 e. The van der Waals surface area contributed by atoms with Crippen molar-refractivity contribution in [2.75, 3.05) is 5.01 Å². The quantitative estimate of drug-likeness (QED) is 0.557. The van der Waals surface area contributed by atoms with Gasteiger partial charge in [-0.25, -0.2) is 5.01 Å². The summed E-state index contributed by atoms with van der Waals surface area (Å²) in [6, 6.07) is 20.3. The van der Waals surface area contributed by atoms with E-state index in [1.165, 1.54) is 5.01 Å². The van der Waals surface area contributed by atoms with Crippen LogP contribution in [0.4, 0.5) is 5.69 Å². The second-order valence-corrected chi connectivity index (χ2v) is 6.80. The van der Waals surface area contributed by atoms with Gasteiger partial charge in [-0.2, -0.15) is 5.26 Å². The number of amides is 2. The molecule has 1 aromatic heterocycles. The summed E-state index contributed by atoms with van der Waals surface area (Å²) < 4.78 is 2.03. The number of hydrogen-bond donors (Lipinski definition) is 1. The topological polar surface area (TPSA) is 78.1 Å². The maximum Gasteiger partial charge on any atom is 0.282 e. The minimum Gasteiger partial charge on any atom is -0.318 e. The molecular weight excluding hydrogens is 364 g/mol. The Bertz CT molecular complexity index is 1180. The highest BCUT2D eigenvalue weighted by atomic mass is 16.2. The van der Waals surface area contributed by atoms with Crippen molar-refractivity contribution >= 4 is 23.6 Å². The molecule has 0 aliphatic carbocycles. The third-order valence-corrected chi connectivity index (χ3v) is 4.93. The van der Waals surface area contributed by atoms with Gasteiger partial charge in [-0.15, -0.1) is 0 Å². The molecule has 1 aliphatic heterocycles. The van der Waals surface area contributed by atoms with Crippen LogP contribution in [-0.2, 0) is 9.59 Å². The smallest absolute Gasteiger partial charge is 0.282 e. The summed E-state index contributed by atoms with van der Waals surface area (Å²) in [5.74, 6) is -0.814. The van der Waals surface area contributed by atoms with E-state index >= 15 is 0 Å². The highest BCUT2D eigenvalue weighted by Gasteiger charge is 2.34. The van der Waals surface area contributed by atoms with E-state index in [1.807, 2.05) is 54.8 Å². The number of para-hydroxylation sites is 1. The molecule has 2 heterocycles. The van der Waals surface area contributed by atoms with Crippen LogP contribution in [0.1, 0.15) is 22.5 Å². The zero-order valence-corrected chi connectivity index (χ0v) is 16.0. The molecule has 0 saturated carbocycles. The first kappa shape index (κ1) is 18.3. The number of aryl methyl sites for hydroxylation is 1. The highest BCUT2D eigenvalue weighted by Crippen LogP contribution is 2.26. The molecule has 3 aromatic rings. The summed E-state index contributed by atoms with van der Waals surface area (Å²) in [5, 5.41) is 10.2. The Balaban J connectivity index is 1.71. The monoisotopic (exact) mass is 382 g/mol. The number of hydrogen-bond acceptors (Lipinski definition) is 3. The van der Waals surface area contributed by atoms with Crippen molar-refractivity contribution in [3.63, 3.8) is 0 Å². The number of rotatable bonds is 3. The Morgan fingerprint density at radius 1 is 0.966 bits per heavy atom. The molecule has 0 radical (unpaired) electrons. The van der Waals surface area contributed by atoms with E-state index in [4.69, 9.17) is 5.26 Å². The fraction of sp³-hybridized carbons (Fsp3) is 0.0870. The first-order valence-electron chi connectivity index (χ1n) is 9.11. The predicted octanol–water partition coefficient (Wildman–Crippen LogP) is 3.43. The van der Waals surface area contributed by atoms with Crippen molar-refractivity contribution in [3.8, 4) is 11.8 Å². The van der Waals surface area contributed by atoms with Crippen LogP contribution in [0.2, 0.25) is 0 Å². The predicted molar refractivity (Wildman–Crippen MR) is 110 cm³/mol. The fourth-order valence-electron chi connectivity index (χ4n) is 3.49. The third-order valence-electron chi connectivity index (χ3n) is 4.93. The first-order valence-corrected chi connectivity index (χ1v) is 9.11. The molecule has 1 aliphatic rings. The molecule has 2 aromatic carbocycles. The number of carbonyl (C=O) groups is 2. The molecule has 4 rings (SSSR count). The molecule has 0 spiro atoms. The molecule has 0 atom stereocenters. The molecule has 142 valence electrons. The maximum absolute atomic E-state index is 12.8. The van der Waals surface area contributed by atoms with Crippen LogP contribution in [0.3, 0.4) is 0 Å². The summed E-state index contributed by atoms with van der Waals surface area (Å²) in [7, 11) is 0. The van der Waals surface area contributed by atoms with Crippen LogP contribution >= 0.6 is 0 Å². The molecule has 6 nitrogen and oxygen atoms in total. The number of aromatic nitrogens is 1. The summed E-state index contributed by atoms with van der Waals surface area (Å²) in [6.07, 6.45) is 1.63. The van der Waals surface area contributed by atoms with Gasteiger partial charge < -0.3 is 4.57 Å². The summed E-state index contributed by atoms with van der Waals surface area (Å²) in [6.45, 7) is 3.89. The number of benzene rings is 2. The molecule has 1 saturated heterocycles. The van der Waals surface area contributed by atoms with Crippen molar-refractivity contribution in [2.45, 2.75) is 13.8 Å². The Morgan fingerprint density at radius 3 is 2.31 bits per heavy atom. The van der Waals surface area contributed by atoms with Crippen LogP contribution in [-0.4, -0.2) is 16.4 Å². The van der Waals surface area contributed by atoms with E-state index in [9.17, 15) is 9.59 Å². The number of hydrazine groups is 1. The van der Waals surface area contributed by atoms with E-state index < -0.39 is 5.91 Å². The average Bonchev–Trinajstić information content (AvgIpc) is 3.18. The molecule has 0 unspecified atom stereocenters. The van der Waals surface area contributed by atoms with Gasteiger partial charge in [0.25, 0.3) is 11.8 Å². The maximum atomic E-state index is 12.8. The van der Waals surface area contributed by atoms with Gasteiger partial charge in [0.1, 0.15) is 5.57 Å². The standard InChI is InChI=1S/C23H18N4O2/c1-15-12-18(16(2)26(15)19-10-8-17(14-24)9-11-19)13-21-22(28)25-27(23(21)29)20-6-4-3-5-7-20/h3-13H,1-2H3,(H,25,28)/b21-13-. The minimum absolute atomic E-state index is 0.0916. The number of nitrogens with zero attached hydrogens (tertiary/aromatic N) is 3. The van der Waals surface area contributed by atoms with Gasteiger partial charge in [-0.1, -0.05) is 18.2 Å². The van der Waals surface area contributed by atoms with Crippen LogP contribution in [0.15, 0.2) is 66.2 Å². The van der Waals surface area contributed by atoms with Crippen LogP contribution in [0.25, 0.3) is 11.8 Å². The van der Waals surface area contributed by atoms with Crippen LogP contribution in [0, 0.1) is 25.2 Å². The van der Waals surface area contributed by atoms with Crippen molar-refractivity contribution < 1.29 is 9.59 Å². The van der Waals surface area contributed by atoms with Crippen LogP contribution in [0.5, 0.6) is 0 Å². The second kappa shape index (κ2) is 7.13. The number of nitriles is 1. The molecule has 6 heteroatoms. The van der Waals surface area contributed by atoms with Crippen molar-refractivity contribution in [3.05, 3.63) is 88.8 Å². The Kier molecular flexibility index (Phi) is 4.49. The minimum atomic E-state index is -0.429. The van der Waals surface area contributed by atoms with Gasteiger partial charge in [-0.3, -0.25) is 15.0 Å². The average molecular weight is 382 g/mol. The van der Waals surface area contributed by atoms with Gasteiger partial charge >= 0.3 is 0 Å². The normalized spacial score (nSPS) is 14.9. The molecule has 29 heavy (non-hydrogen) atoms. The molecule has 1 N–H and O–H groups in total. The van der Waals surface area contributed by atoms with Gasteiger partial charge in [0.15, 0.2) is 0 Å². The van der Waals surface area contributed by atoms with Gasteiger partial charge in [-0.05, 0) is 68.0 Å². The van der Waals surface area contributed by atoms with Gasteiger partial charge in [0, 0.05) is 17.1 Å². The lowest BCUT2D eigenvalue weighted by molar-refractivity contribution is -0.117. The lowest BCUT2D eigenvalue weighted by atomic mass is 10.1. The van der Waals surface area contributed by atoms with E-state index in [0.717, 1.165) is 22.6 Å². The third kappa shape index (κ3) is 3.19. The molecular formula is C23H18N4O2. The van der Waals surface area contributed by atoms with Gasteiger partial charge in [0.05, 0.1) is 17.3 Å². The van der Waals surface area contributed by atoms with Crippen molar-refractivity contribution in [1.82, 2.24) is 9.99 Å². The Labute approximate surface area is 168 Å². The Morgan fingerprint density at radius 2 is 1.66 bits per heavy atom. The lowest BCUT2D eigenvalue weighted by Crippen LogP contribution is -2.35. The highest BCUT2D eigenvalue weighted by molar-refractivity contribution is 6.31. The number of nitrogens with one attached hydrogen (secondary N) is 1. The lowest BCUT2D eigenvalue weighted by Gasteiger charge is -2.13. The fourth-order valence-corrected chi connectivity index (χ4v) is 3.49.